The highest BCUT2D eigenvalue weighted by molar-refractivity contribution is 7.99. The molecule has 0 spiro atoms. The summed E-state index contributed by atoms with van der Waals surface area (Å²) in [5.41, 5.74) is 7.97. The molecule has 0 aromatic heterocycles. The van der Waals surface area contributed by atoms with Crippen LogP contribution in [0.5, 0.6) is 0 Å². The van der Waals surface area contributed by atoms with Gasteiger partial charge in [-0.3, -0.25) is 0 Å². The van der Waals surface area contributed by atoms with Gasteiger partial charge in [-0.05, 0) is 43.2 Å². The minimum Gasteiger partial charge on any atom is -0.374 e. The third-order valence-corrected chi connectivity index (χ3v) is 6.53. The molecule has 3 heterocycles. The lowest BCUT2D eigenvalue weighted by molar-refractivity contribution is 0.0575. The van der Waals surface area contributed by atoms with Crippen LogP contribution in [0.2, 0.25) is 0 Å². The van der Waals surface area contributed by atoms with E-state index in [-0.39, 0.29) is 5.41 Å². The summed E-state index contributed by atoms with van der Waals surface area (Å²) >= 11 is 2.01. The largest absolute Gasteiger partial charge is 0.374 e. The molecule has 2 fully saturated rings. The molecule has 2 bridgehead atoms. The molecule has 0 amide bonds. The van der Waals surface area contributed by atoms with E-state index >= 15 is 0 Å². The summed E-state index contributed by atoms with van der Waals surface area (Å²) in [7, 11) is 0. The van der Waals surface area contributed by atoms with Crippen LogP contribution in [0.4, 0.5) is 0 Å². The Hall–Kier alpha value is -0.510. The zero-order valence-corrected chi connectivity index (χ0v) is 12.0. The monoisotopic (exact) mass is 275 g/mol. The second-order valence-electron chi connectivity index (χ2n) is 6.34. The third kappa shape index (κ3) is 1.86. The minimum atomic E-state index is 0.256. The number of fused-ring (bicyclic) bond motifs is 3. The van der Waals surface area contributed by atoms with Crippen molar-refractivity contribution in [3.63, 3.8) is 0 Å². The van der Waals surface area contributed by atoms with E-state index < -0.39 is 0 Å². The quantitative estimate of drug-likeness (QED) is 0.920. The second-order valence-corrected chi connectivity index (χ2v) is 7.41. The van der Waals surface area contributed by atoms with Crippen LogP contribution in [0.3, 0.4) is 0 Å². The number of nitrogens with two attached hydrogens (primary N) is 1. The van der Waals surface area contributed by atoms with E-state index in [0.717, 1.165) is 6.54 Å². The molecule has 3 aliphatic rings. The number of thioether (sulfide) groups is 1. The molecule has 3 aliphatic heterocycles. The van der Waals surface area contributed by atoms with Gasteiger partial charge >= 0.3 is 0 Å². The molecule has 2 nitrogen and oxygen atoms in total. The predicted octanol–water partition coefficient (Wildman–Crippen LogP) is 3.16. The maximum Gasteiger partial charge on any atom is 0.0649 e. The summed E-state index contributed by atoms with van der Waals surface area (Å²) in [4.78, 5) is 1.48. The van der Waals surface area contributed by atoms with Crippen LogP contribution in [0.15, 0.2) is 29.2 Å². The number of hydrogen-bond donors (Lipinski definition) is 1. The molecule has 4 atom stereocenters. The van der Waals surface area contributed by atoms with E-state index in [2.05, 4.69) is 24.3 Å². The van der Waals surface area contributed by atoms with E-state index in [1.54, 1.807) is 5.56 Å². The predicted molar refractivity (Wildman–Crippen MR) is 78.5 cm³/mol. The molecule has 1 aromatic rings. The molecule has 0 aliphatic carbocycles. The van der Waals surface area contributed by atoms with Crippen LogP contribution in [-0.2, 0) is 4.74 Å². The molecule has 1 aromatic carbocycles. The van der Waals surface area contributed by atoms with Gasteiger partial charge in [0.25, 0.3) is 0 Å². The highest BCUT2D eigenvalue weighted by Gasteiger charge is 2.52. The number of ether oxygens (including phenoxy) is 1. The Morgan fingerprint density at radius 2 is 2.21 bits per heavy atom. The van der Waals surface area contributed by atoms with Crippen molar-refractivity contribution in [2.24, 2.45) is 11.1 Å². The Balaban J connectivity index is 1.59. The molecule has 19 heavy (non-hydrogen) atoms. The average molecular weight is 275 g/mol. The zero-order chi connectivity index (χ0) is 12.9. The number of hydrogen-bond acceptors (Lipinski definition) is 3. The maximum atomic E-state index is 6.17. The van der Waals surface area contributed by atoms with Crippen LogP contribution >= 0.6 is 11.8 Å². The van der Waals surface area contributed by atoms with Gasteiger partial charge in [0.15, 0.2) is 0 Å². The molecule has 2 saturated heterocycles. The van der Waals surface area contributed by atoms with E-state index in [9.17, 15) is 0 Å². The summed E-state index contributed by atoms with van der Waals surface area (Å²) < 4.78 is 6.09. The fraction of sp³-hybridized carbons (Fsp3) is 0.625. The number of rotatable bonds is 3. The summed E-state index contributed by atoms with van der Waals surface area (Å²) in [6, 6.07) is 8.88. The summed E-state index contributed by atoms with van der Waals surface area (Å²) in [5, 5.41) is 0. The van der Waals surface area contributed by atoms with E-state index in [1.807, 2.05) is 11.8 Å². The first-order valence-electron chi connectivity index (χ1n) is 7.38. The topological polar surface area (TPSA) is 35.2 Å². The normalized spacial score (nSPS) is 39.7. The lowest BCUT2D eigenvalue weighted by atomic mass is 9.68. The van der Waals surface area contributed by atoms with Gasteiger partial charge in [-0.2, -0.15) is 0 Å². The van der Waals surface area contributed by atoms with E-state index in [4.69, 9.17) is 10.5 Å². The molecule has 3 heteroatoms. The van der Waals surface area contributed by atoms with Crippen molar-refractivity contribution in [2.75, 3.05) is 12.3 Å². The molecular formula is C16H21NOS. The Morgan fingerprint density at radius 1 is 1.32 bits per heavy atom. The molecule has 2 N–H and O–H groups in total. The minimum absolute atomic E-state index is 0.256. The molecule has 0 saturated carbocycles. The van der Waals surface area contributed by atoms with Crippen LogP contribution in [0.25, 0.3) is 0 Å². The fourth-order valence-corrected chi connectivity index (χ4v) is 5.55. The van der Waals surface area contributed by atoms with Crippen LogP contribution in [0.1, 0.15) is 37.2 Å². The average Bonchev–Trinajstić information content (AvgIpc) is 3.14. The van der Waals surface area contributed by atoms with Gasteiger partial charge in [0.1, 0.15) is 0 Å². The van der Waals surface area contributed by atoms with Gasteiger partial charge < -0.3 is 10.5 Å². The Bertz CT molecular complexity index is 491. The molecule has 4 unspecified atom stereocenters. The SMILES string of the molecule is NCC1(CC2CSc3ccccc32)CC2CCC1O2. The van der Waals surface area contributed by atoms with Crippen molar-refractivity contribution >= 4 is 11.8 Å². The van der Waals surface area contributed by atoms with Gasteiger partial charge in [0.05, 0.1) is 12.2 Å². The van der Waals surface area contributed by atoms with E-state index in [1.165, 1.54) is 36.3 Å². The van der Waals surface area contributed by atoms with Gasteiger partial charge in [-0.25, -0.2) is 0 Å². The smallest absolute Gasteiger partial charge is 0.0649 e. The van der Waals surface area contributed by atoms with Crippen LogP contribution in [-0.4, -0.2) is 24.5 Å². The van der Waals surface area contributed by atoms with Crippen molar-refractivity contribution in [1.29, 1.82) is 0 Å². The molecule has 0 radical (unpaired) electrons. The highest BCUT2D eigenvalue weighted by atomic mass is 32.2. The maximum absolute atomic E-state index is 6.17. The lowest BCUT2D eigenvalue weighted by Gasteiger charge is -2.36. The summed E-state index contributed by atoms with van der Waals surface area (Å²) in [6.07, 6.45) is 5.82. The van der Waals surface area contributed by atoms with Gasteiger partial charge in [-0.1, -0.05) is 18.2 Å². The summed E-state index contributed by atoms with van der Waals surface area (Å²) in [5.74, 6) is 1.89. The van der Waals surface area contributed by atoms with Crippen molar-refractivity contribution < 1.29 is 4.74 Å². The van der Waals surface area contributed by atoms with Gasteiger partial charge in [0.2, 0.25) is 0 Å². The Kier molecular flexibility index (Phi) is 2.90. The first-order valence-corrected chi connectivity index (χ1v) is 8.36. The fourth-order valence-electron chi connectivity index (χ4n) is 4.29. The lowest BCUT2D eigenvalue weighted by Crippen LogP contribution is -2.40. The molecular weight excluding hydrogens is 254 g/mol. The van der Waals surface area contributed by atoms with Crippen molar-refractivity contribution in [2.45, 2.75) is 48.7 Å². The van der Waals surface area contributed by atoms with Crippen LogP contribution < -0.4 is 5.73 Å². The van der Waals surface area contributed by atoms with Gasteiger partial charge in [-0.15, -0.1) is 11.8 Å². The highest BCUT2D eigenvalue weighted by Crippen LogP contribution is 2.54. The third-order valence-electron chi connectivity index (χ3n) is 5.28. The van der Waals surface area contributed by atoms with Crippen molar-refractivity contribution in [3.05, 3.63) is 29.8 Å². The Labute approximate surface area is 119 Å². The first-order chi connectivity index (χ1) is 9.31. The van der Waals surface area contributed by atoms with Crippen molar-refractivity contribution in [3.8, 4) is 0 Å². The molecule has 4 rings (SSSR count). The summed E-state index contributed by atoms with van der Waals surface area (Å²) in [6.45, 7) is 0.789. The first kappa shape index (κ1) is 12.2. The van der Waals surface area contributed by atoms with Crippen molar-refractivity contribution in [1.82, 2.24) is 0 Å². The number of benzene rings is 1. The van der Waals surface area contributed by atoms with Crippen LogP contribution in [0, 0.1) is 5.41 Å². The van der Waals surface area contributed by atoms with Gasteiger partial charge in [0, 0.05) is 22.6 Å². The van der Waals surface area contributed by atoms with E-state index in [0.29, 0.717) is 18.1 Å². The zero-order valence-electron chi connectivity index (χ0n) is 11.2. The second kappa shape index (κ2) is 4.51. The molecule has 102 valence electrons. The standard InChI is InChI=1S/C16H21NOS/c17-10-16(8-12-5-6-15(16)18-12)7-11-9-19-14-4-2-1-3-13(11)14/h1-4,11-12,15H,5-10,17H2. The Morgan fingerprint density at radius 3 is 2.95 bits per heavy atom.